The average molecular weight is 625 g/mol. The van der Waals surface area contributed by atoms with Crippen LogP contribution in [0, 0.1) is 0 Å². The summed E-state index contributed by atoms with van der Waals surface area (Å²) < 4.78 is 66.2. The average Bonchev–Trinajstić information content (AvgIpc) is 3.34. The van der Waals surface area contributed by atoms with Gasteiger partial charge in [0.1, 0.15) is 11.3 Å². The molecule has 8 nitrogen and oxygen atoms in total. The highest BCUT2D eigenvalue weighted by Crippen LogP contribution is 2.51. The van der Waals surface area contributed by atoms with Crippen molar-refractivity contribution in [3.05, 3.63) is 67.7 Å². The van der Waals surface area contributed by atoms with Gasteiger partial charge in [-0.1, -0.05) is 52.1 Å². The molecule has 3 aliphatic heterocycles. The van der Waals surface area contributed by atoms with Crippen LogP contribution in [0.2, 0.25) is 15.1 Å². The Balaban J connectivity index is 1.44. The molecule has 0 radical (unpaired) electrons. The number of oxime groups is 1. The van der Waals surface area contributed by atoms with Crippen molar-refractivity contribution in [3.8, 4) is 0 Å². The molecule has 0 N–H and O–H groups in total. The fourth-order valence-corrected chi connectivity index (χ4v) is 6.40. The van der Waals surface area contributed by atoms with E-state index in [4.69, 9.17) is 39.6 Å². The van der Waals surface area contributed by atoms with Gasteiger partial charge in [0.25, 0.3) is 11.5 Å². The fourth-order valence-electron chi connectivity index (χ4n) is 5.17. The minimum atomic E-state index is -4.91. The van der Waals surface area contributed by atoms with Gasteiger partial charge in [-0.2, -0.15) is 13.2 Å². The number of likely N-dealkylation sites (N-methyl/N-ethyl adjacent to an activating group) is 1. The zero-order chi connectivity index (χ0) is 28.7. The van der Waals surface area contributed by atoms with Crippen LogP contribution in [-0.2, 0) is 30.6 Å². The summed E-state index contributed by atoms with van der Waals surface area (Å²) in [5, 5.41) is 3.28. The molecule has 0 bridgehead atoms. The minimum Gasteiger partial charge on any atom is -0.374 e. The van der Waals surface area contributed by atoms with Gasteiger partial charge in [0.15, 0.2) is 9.84 Å². The second kappa shape index (κ2) is 8.98. The maximum absolute atomic E-state index is 14.4. The van der Waals surface area contributed by atoms with Crippen LogP contribution in [0.4, 0.5) is 13.2 Å². The molecule has 1 saturated heterocycles. The number of halogens is 6. The first-order valence-electron chi connectivity index (χ1n) is 11.3. The summed E-state index contributed by atoms with van der Waals surface area (Å²) in [6.45, 7) is 0.185. The first-order valence-corrected chi connectivity index (χ1v) is 14.5. The Hall–Kier alpha value is -2.54. The van der Waals surface area contributed by atoms with Crippen molar-refractivity contribution in [2.75, 3.05) is 32.1 Å². The Labute approximate surface area is 236 Å². The zero-order valence-corrected chi connectivity index (χ0v) is 23.4. The van der Waals surface area contributed by atoms with Crippen LogP contribution in [-0.4, -0.2) is 74.1 Å². The van der Waals surface area contributed by atoms with E-state index in [1.807, 2.05) is 0 Å². The van der Waals surface area contributed by atoms with Crippen molar-refractivity contribution in [1.82, 2.24) is 9.80 Å². The third kappa shape index (κ3) is 4.36. The number of hydrogen-bond acceptors (Lipinski definition) is 6. The number of rotatable bonds is 4. The molecule has 3 aliphatic rings. The van der Waals surface area contributed by atoms with Gasteiger partial charge in [-0.15, -0.1) is 0 Å². The maximum Gasteiger partial charge on any atom is 0.435 e. The van der Waals surface area contributed by atoms with Gasteiger partial charge < -0.3 is 14.6 Å². The smallest absolute Gasteiger partial charge is 0.374 e. The number of likely N-dealkylation sites (tertiary alicyclic amines) is 1. The van der Waals surface area contributed by atoms with Crippen molar-refractivity contribution in [3.63, 3.8) is 0 Å². The zero-order valence-electron chi connectivity index (χ0n) is 20.3. The number of sulfone groups is 1. The monoisotopic (exact) mass is 623 g/mol. The van der Waals surface area contributed by atoms with Crippen LogP contribution in [0.1, 0.15) is 33.5 Å². The number of nitrogens with zero attached hydrogens (tertiary/aromatic N) is 3. The van der Waals surface area contributed by atoms with E-state index >= 15 is 0 Å². The van der Waals surface area contributed by atoms with Crippen LogP contribution in [0.5, 0.6) is 0 Å². The van der Waals surface area contributed by atoms with Crippen molar-refractivity contribution >= 4 is 62.2 Å². The standard InChI is InChI=1S/C24H19Cl3F3N3O5S/c1-32-21(35)14-5-12(3-4-15(14)22(32)10-33(11-22)19(34)9-39(2,36)37)18-8-23(38-31-18,24(28,29)30)13-6-16(25)20(27)17(26)7-13/h3-7H,8-11H2,1-2H3. The van der Waals surface area contributed by atoms with Crippen LogP contribution in [0.25, 0.3) is 0 Å². The van der Waals surface area contributed by atoms with Crippen molar-refractivity contribution < 1.29 is 36.0 Å². The molecule has 2 amide bonds. The van der Waals surface area contributed by atoms with Gasteiger partial charge in [-0.3, -0.25) is 9.59 Å². The number of fused-ring (bicyclic) bond motifs is 2. The van der Waals surface area contributed by atoms with Gasteiger partial charge in [0, 0.05) is 36.4 Å². The summed E-state index contributed by atoms with van der Waals surface area (Å²) in [5.41, 5.74) is -3.09. The molecule has 1 spiro atoms. The van der Waals surface area contributed by atoms with Crippen molar-refractivity contribution in [1.29, 1.82) is 0 Å². The molecule has 1 atom stereocenters. The summed E-state index contributed by atoms with van der Waals surface area (Å²) in [7, 11) is -1.97. The highest BCUT2D eigenvalue weighted by atomic mass is 35.5. The third-order valence-electron chi connectivity index (χ3n) is 7.31. The first-order chi connectivity index (χ1) is 18.0. The molecule has 0 aromatic heterocycles. The number of hydrogen-bond donors (Lipinski definition) is 0. The minimum absolute atomic E-state index is 0.0488. The molecular weight excluding hydrogens is 606 g/mol. The van der Waals surface area contributed by atoms with Gasteiger partial charge >= 0.3 is 6.18 Å². The number of amides is 2. The normalized spacial score (nSPS) is 22.1. The van der Waals surface area contributed by atoms with Crippen molar-refractivity contribution in [2.45, 2.75) is 23.7 Å². The van der Waals surface area contributed by atoms with Gasteiger partial charge in [-0.05, 0) is 23.8 Å². The Morgan fingerprint density at radius 3 is 2.31 bits per heavy atom. The molecule has 208 valence electrons. The van der Waals surface area contributed by atoms with E-state index in [2.05, 4.69) is 5.16 Å². The van der Waals surface area contributed by atoms with Crippen molar-refractivity contribution in [2.24, 2.45) is 5.16 Å². The summed E-state index contributed by atoms with van der Waals surface area (Å²) in [6.07, 6.45) is -4.67. The topological polar surface area (TPSA) is 96.3 Å². The largest absolute Gasteiger partial charge is 0.435 e. The number of alkyl halides is 3. The highest BCUT2D eigenvalue weighted by Gasteiger charge is 2.63. The molecular formula is C24H19Cl3F3N3O5S. The van der Waals surface area contributed by atoms with Crippen LogP contribution in [0.3, 0.4) is 0 Å². The van der Waals surface area contributed by atoms with E-state index in [1.165, 1.54) is 21.9 Å². The molecule has 15 heteroatoms. The Kier molecular flexibility index (Phi) is 6.45. The molecule has 1 unspecified atom stereocenters. The van der Waals surface area contributed by atoms with Crippen LogP contribution in [0.15, 0.2) is 35.5 Å². The molecule has 5 rings (SSSR count). The summed E-state index contributed by atoms with van der Waals surface area (Å²) >= 11 is 17.9. The Morgan fingerprint density at radius 2 is 1.74 bits per heavy atom. The molecule has 39 heavy (non-hydrogen) atoms. The lowest BCUT2D eigenvalue weighted by Gasteiger charge is -2.51. The molecule has 0 aliphatic carbocycles. The second-order valence-electron chi connectivity index (χ2n) is 9.86. The van der Waals surface area contributed by atoms with E-state index in [-0.39, 0.29) is 56.5 Å². The van der Waals surface area contributed by atoms with Crippen LogP contribution < -0.4 is 0 Å². The second-order valence-corrected chi connectivity index (χ2v) is 13.2. The molecule has 0 saturated carbocycles. The van der Waals surface area contributed by atoms with Gasteiger partial charge in [0.05, 0.1) is 33.9 Å². The highest BCUT2D eigenvalue weighted by molar-refractivity contribution is 7.91. The lowest BCUT2D eigenvalue weighted by Crippen LogP contribution is -2.67. The quantitative estimate of drug-likeness (QED) is 0.470. The molecule has 2 aromatic carbocycles. The summed E-state index contributed by atoms with van der Waals surface area (Å²) in [4.78, 5) is 33.3. The van der Waals surface area contributed by atoms with E-state index < -0.39 is 45.2 Å². The Bertz CT molecular complexity index is 1550. The van der Waals surface area contributed by atoms with Gasteiger partial charge in [-0.25, -0.2) is 8.42 Å². The van der Waals surface area contributed by atoms with Gasteiger partial charge in [0.2, 0.25) is 5.91 Å². The lowest BCUT2D eigenvalue weighted by atomic mass is 9.81. The summed E-state index contributed by atoms with van der Waals surface area (Å²) in [6, 6.07) is 6.64. The molecule has 2 aromatic rings. The fraction of sp³-hybridized carbons (Fsp3) is 0.375. The third-order valence-corrected chi connectivity index (χ3v) is 9.28. The molecule has 1 fully saturated rings. The van der Waals surface area contributed by atoms with E-state index in [0.29, 0.717) is 5.56 Å². The lowest BCUT2D eigenvalue weighted by molar-refractivity contribution is -0.275. The number of carbonyl (C=O) groups excluding carboxylic acids is 2. The van der Waals surface area contributed by atoms with E-state index in [1.54, 1.807) is 13.1 Å². The van der Waals surface area contributed by atoms with E-state index in [0.717, 1.165) is 18.4 Å². The van der Waals surface area contributed by atoms with Crippen LogP contribution >= 0.6 is 34.8 Å². The van der Waals surface area contributed by atoms with E-state index in [9.17, 15) is 31.2 Å². The SMILES string of the molecule is CN1C(=O)c2cc(C3=NOC(c4cc(Cl)c(Cl)c(Cl)c4)(C(F)(F)F)C3)ccc2C12CN(C(=O)CS(C)(=O)=O)C2. The first kappa shape index (κ1) is 28.0. The number of carbonyl (C=O) groups is 2. The Morgan fingerprint density at radius 1 is 1.13 bits per heavy atom. The predicted molar refractivity (Wildman–Crippen MR) is 138 cm³/mol. The maximum atomic E-state index is 14.4. The number of benzene rings is 2. The predicted octanol–water partition coefficient (Wildman–Crippen LogP) is 4.40. The summed E-state index contributed by atoms with van der Waals surface area (Å²) in [5.74, 6) is -1.60. The molecule has 3 heterocycles.